The Balaban J connectivity index is 1.31. The minimum atomic E-state index is 0.0342. The quantitative estimate of drug-likeness (QED) is 0.486. The van der Waals surface area contributed by atoms with Crippen LogP contribution in [-0.2, 0) is 0 Å². The van der Waals surface area contributed by atoms with Gasteiger partial charge in [-0.3, -0.25) is 4.79 Å². The summed E-state index contributed by atoms with van der Waals surface area (Å²) in [5.74, 6) is 0.844. The van der Waals surface area contributed by atoms with E-state index in [-0.39, 0.29) is 5.91 Å². The second-order valence-corrected chi connectivity index (χ2v) is 8.29. The molecular weight excluding hydrogens is 414 g/mol. The number of piperazine rings is 1. The van der Waals surface area contributed by atoms with Crippen LogP contribution in [0.15, 0.2) is 60.9 Å². The highest BCUT2D eigenvalue weighted by Crippen LogP contribution is 2.27. The summed E-state index contributed by atoms with van der Waals surface area (Å²) in [5.41, 5.74) is 5.62. The lowest BCUT2D eigenvalue weighted by Crippen LogP contribution is -2.49. The van der Waals surface area contributed by atoms with Crippen molar-refractivity contribution in [1.82, 2.24) is 29.4 Å². The zero-order chi connectivity index (χ0) is 22.9. The molecule has 5 rings (SSSR count). The summed E-state index contributed by atoms with van der Waals surface area (Å²) >= 11 is 0. The summed E-state index contributed by atoms with van der Waals surface area (Å²) in [6.07, 6.45) is 3.46. The number of hydrogen-bond donors (Lipinski definition) is 0. The molecule has 0 aliphatic carbocycles. The SMILES string of the molecule is Cc1nn(-c2ccccn2)c(C)c1N1CCN(C(=O)c2cnn(-c3ccccc3)c2C)CC1. The third-order valence-electron chi connectivity index (χ3n) is 6.24. The van der Waals surface area contributed by atoms with Gasteiger partial charge in [0.25, 0.3) is 5.91 Å². The van der Waals surface area contributed by atoms with E-state index in [1.165, 1.54) is 0 Å². The number of aromatic nitrogens is 5. The van der Waals surface area contributed by atoms with Gasteiger partial charge in [0, 0.05) is 32.4 Å². The van der Waals surface area contributed by atoms with E-state index in [4.69, 9.17) is 5.10 Å². The van der Waals surface area contributed by atoms with Crippen molar-refractivity contribution in [2.75, 3.05) is 31.1 Å². The molecule has 0 unspecified atom stereocenters. The molecule has 4 aromatic rings. The fraction of sp³-hybridized carbons (Fsp3) is 0.280. The fourth-order valence-electron chi connectivity index (χ4n) is 4.55. The Morgan fingerprint density at radius 1 is 0.848 bits per heavy atom. The topological polar surface area (TPSA) is 72.1 Å². The second kappa shape index (κ2) is 8.54. The van der Waals surface area contributed by atoms with Crippen LogP contribution in [0.1, 0.15) is 27.4 Å². The predicted molar refractivity (Wildman–Crippen MR) is 127 cm³/mol. The molecule has 168 valence electrons. The third-order valence-corrected chi connectivity index (χ3v) is 6.24. The van der Waals surface area contributed by atoms with Crippen LogP contribution in [0.5, 0.6) is 0 Å². The Hall–Kier alpha value is -3.94. The molecule has 8 heteroatoms. The molecule has 8 nitrogen and oxygen atoms in total. The van der Waals surface area contributed by atoms with Crippen LogP contribution in [0.2, 0.25) is 0 Å². The Labute approximate surface area is 193 Å². The highest BCUT2D eigenvalue weighted by Gasteiger charge is 2.28. The molecule has 1 amide bonds. The highest BCUT2D eigenvalue weighted by molar-refractivity contribution is 5.95. The van der Waals surface area contributed by atoms with Crippen molar-refractivity contribution >= 4 is 11.6 Å². The summed E-state index contributed by atoms with van der Waals surface area (Å²) in [6, 6.07) is 15.7. The predicted octanol–water partition coefficient (Wildman–Crippen LogP) is 3.34. The number of anilines is 1. The molecule has 1 aliphatic heterocycles. The van der Waals surface area contributed by atoms with Crippen LogP contribution >= 0.6 is 0 Å². The van der Waals surface area contributed by atoms with Gasteiger partial charge < -0.3 is 9.80 Å². The van der Waals surface area contributed by atoms with Gasteiger partial charge in [-0.15, -0.1) is 0 Å². The largest absolute Gasteiger partial charge is 0.365 e. The summed E-state index contributed by atoms with van der Waals surface area (Å²) in [7, 11) is 0. The van der Waals surface area contributed by atoms with Gasteiger partial charge in [-0.1, -0.05) is 24.3 Å². The maximum atomic E-state index is 13.3. The second-order valence-electron chi connectivity index (χ2n) is 8.29. The molecule has 0 atom stereocenters. The number of pyridine rings is 1. The molecule has 0 bridgehead atoms. The zero-order valence-corrected chi connectivity index (χ0v) is 19.1. The molecule has 3 aromatic heterocycles. The lowest BCUT2D eigenvalue weighted by molar-refractivity contribution is 0.0746. The Kier molecular flexibility index (Phi) is 5.42. The van der Waals surface area contributed by atoms with Crippen molar-refractivity contribution in [2.24, 2.45) is 0 Å². The van der Waals surface area contributed by atoms with E-state index in [0.29, 0.717) is 18.7 Å². The maximum Gasteiger partial charge on any atom is 0.257 e. The number of rotatable bonds is 4. The van der Waals surface area contributed by atoms with Crippen molar-refractivity contribution in [3.05, 3.63) is 83.6 Å². The van der Waals surface area contributed by atoms with E-state index in [2.05, 4.69) is 21.9 Å². The Bertz CT molecular complexity index is 1270. The van der Waals surface area contributed by atoms with Gasteiger partial charge in [-0.2, -0.15) is 10.2 Å². The molecule has 1 fully saturated rings. The molecular formula is C25H27N7O. The van der Waals surface area contributed by atoms with Gasteiger partial charge in [0.1, 0.15) is 0 Å². The average Bonchev–Trinajstić information content (AvgIpc) is 3.38. The summed E-state index contributed by atoms with van der Waals surface area (Å²) in [4.78, 5) is 21.9. The average molecular weight is 442 g/mol. The van der Waals surface area contributed by atoms with E-state index in [1.807, 2.05) is 76.6 Å². The third kappa shape index (κ3) is 3.77. The minimum Gasteiger partial charge on any atom is -0.365 e. The monoisotopic (exact) mass is 441 g/mol. The number of hydrogen-bond acceptors (Lipinski definition) is 5. The first-order chi connectivity index (χ1) is 16.0. The highest BCUT2D eigenvalue weighted by atomic mass is 16.2. The number of carbonyl (C=O) groups excluding carboxylic acids is 1. The molecule has 4 heterocycles. The Morgan fingerprint density at radius 2 is 1.58 bits per heavy atom. The number of nitrogens with zero attached hydrogens (tertiary/aromatic N) is 7. The van der Waals surface area contributed by atoms with Gasteiger partial charge in [-0.25, -0.2) is 14.3 Å². The number of aryl methyl sites for hydroxylation is 1. The van der Waals surface area contributed by atoms with Gasteiger partial charge in [0.15, 0.2) is 5.82 Å². The van der Waals surface area contributed by atoms with Crippen LogP contribution in [0.3, 0.4) is 0 Å². The lowest BCUT2D eigenvalue weighted by Gasteiger charge is -2.36. The van der Waals surface area contributed by atoms with Gasteiger partial charge in [0.2, 0.25) is 0 Å². The smallest absolute Gasteiger partial charge is 0.257 e. The van der Waals surface area contributed by atoms with Crippen LogP contribution in [0.4, 0.5) is 5.69 Å². The summed E-state index contributed by atoms with van der Waals surface area (Å²) in [6.45, 7) is 8.87. The maximum absolute atomic E-state index is 13.3. The van der Waals surface area contributed by atoms with Crippen molar-refractivity contribution < 1.29 is 4.79 Å². The number of amides is 1. The lowest BCUT2D eigenvalue weighted by atomic mass is 10.2. The fourth-order valence-corrected chi connectivity index (χ4v) is 4.55. The summed E-state index contributed by atoms with van der Waals surface area (Å²) in [5, 5.41) is 9.18. The van der Waals surface area contributed by atoms with Crippen LogP contribution < -0.4 is 4.90 Å². The first-order valence-corrected chi connectivity index (χ1v) is 11.2. The van der Waals surface area contributed by atoms with E-state index in [1.54, 1.807) is 12.4 Å². The molecule has 33 heavy (non-hydrogen) atoms. The van der Waals surface area contributed by atoms with Crippen LogP contribution in [0.25, 0.3) is 11.5 Å². The molecule has 1 aromatic carbocycles. The molecule has 0 spiro atoms. The molecule has 0 radical (unpaired) electrons. The Morgan fingerprint density at radius 3 is 2.27 bits per heavy atom. The van der Waals surface area contributed by atoms with Crippen LogP contribution in [-0.4, -0.2) is 61.5 Å². The van der Waals surface area contributed by atoms with Gasteiger partial charge >= 0.3 is 0 Å². The number of carbonyl (C=O) groups is 1. The van der Waals surface area contributed by atoms with E-state index < -0.39 is 0 Å². The van der Waals surface area contributed by atoms with Crippen molar-refractivity contribution in [3.8, 4) is 11.5 Å². The first kappa shape index (κ1) is 20.9. The zero-order valence-electron chi connectivity index (χ0n) is 19.1. The van der Waals surface area contributed by atoms with E-state index in [9.17, 15) is 4.79 Å². The number of benzene rings is 1. The molecule has 1 aliphatic rings. The molecule has 1 saturated heterocycles. The van der Waals surface area contributed by atoms with Crippen molar-refractivity contribution in [1.29, 1.82) is 0 Å². The molecule has 0 saturated carbocycles. The normalized spacial score (nSPS) is 14.0. The number of para-hydroxylation sites is 1. The van der Waals surface area contributed by atoms with Crippen molar-refractivity contribution in [3.63, 3.8) is 0 Å². The van der Waals surface area contributed by atoms with E-state index in [0.717, 1.165) is 47.4 Å². The standard InChI is InChI=1S/C25H27N7O/c1-18-24(20(3)32(28-18)23-11-7-8-12-26-23)29-13-15-30(16-14-29)25(33)22-17-27-31(19(22)2)21-9-5-4-6-10-21/h4-12,17H,13-16H2,1-3H3. The van der Waals surface area contributed by atoms with Gasteiger partial charge in [0.05, 0.1) is 40.2 Å². The first-order valence-electron chi connectivity index (χ1n) is 11.2. The minimum absolute atomic E-state index is 0.0342. The molecule has 0 N–H and O–H groups in total. The van der Waals surface area contributed by atoms with Gasteiger partial charge in [-0.05, 0) is 45.0 Å². The van der Waals surface area contributed by atoms with Crippen LogP contribution in [0, 0.1) is 20.8 Å². The summed E-state index contributed by atoms with van der Waals surface area (Å²) < 4.78 is 3.71. The van der Waals surface area contributed by atoms with Crippen molar-refractivity contribution in [2.45, 2.75) is 20.8 Å². The van der Waals surface area contributed by atoms with E-state index >= 15 is 0 Å².